The highest BCUT2D eigenvalue weighted by Crippen LogP contribution is 2.29. The molecule has 0 saturated heterocycles. The zero-order valence-corrected chi connectivity index (χ0v) is 18.0. The van der Waals surface area contributed by atoms with Gasteiger partial charge in [0.1, 0.15) is 5.75 Å². The number of nitrogens with zero attached hydrogens (tertiary/aromatic N) is 2. The third-order valence-corrected chi connectivity index (χ3v) is 5.53. The normalized spacial score (nSPS) is 11.7. The fraction of sp³-hybridized carbons (Fsp3) is 0.200. The van der Waals surface area contributed by atoms with E-state index in [-0.39, 0.29) is 10.7 Å². The largest absolute Gasteiger partial charge is 0.495 e. The van der Waals surface area contributed by atoms with Gasteiger partial charge < -0.3 is 10.1 Å². The summed E-state index contributed by atoms with van der Waals surface area (Å²) in [6.45, 7) is 1.61. The number of hydrogen-bond donors (Lipinski definition) is 2. The Balaban J connectivity index is 2.17. The molecule has 30 heavy (non-hydrogen) atoms. The lowest BCUT2D eigenvalue weighted by atomic mass is 10.2. The van der Waals surface area contributed by atoms with Crippen molar-refractivity contribution in [3.63, 3.8) is 0 Å². The molecule has 0 spiro atoms. The van der Waals surface area contributed by atoms with Crippen LogP contribution in [0.25, 0.3) is 16.6 Å². The molecule has 0 bridgehead atoms. The SMILES string of the molecule is CNC(=O)NC(=O)C(C)Sc1nc2cc(Cl)ccc2c(=O)n1-c1ccccc1OC. The number of carbonyl (C=O) groups is 2. The molecule has 0 aliphatic rings. The molecule has 0 aliphatic heterocycles. The summed E-state index contributed by atoms with van der Waals surface area (Å²) in [5.74, 6) is -0.0506. The fourth-order valence-corrected chi connectivity index (χ4v) is 3.82. The van der Waals surface area contributed by atoms with Crippen molar-refractivity contribution in [2.24, 2.45) is 0 Å². The van der Waals surface area contributed by atoms with Crippen molar-refractivity contribution in [2.45, 2.75) is 17.3 Å². The Hall–Kier alpha value is -3.04. The Morgan fingerprint density at radius 2 is 1.97 bits per heavy atom. The van der Waals surface area contributed by atoms with Crippen LogP contribution < -0.4 is 20.9 Å². The first-order valence-electron chi connectivity index (χ1n) is 8.90. The number of methoxy groups -OCH3 is 1. The first kappa shape index (κ1) is 21.7. The van der Waals surface area contributed by atoms with E-state index < -0.39 is 17.2 Å². The number of urea groups is 1. The number of para-hydroxylation sites is 2. The molecule has 0 aliphatic carbocycles. The highest BCUT2D eigenvalue weighted by atomic mass is 35.5. The molecule has 1 aromatic heterocycles. The molecule has 1 unspecified atom stereocenters. The molecule has 2 aromatic carbocycles. The summed E-state index contributed by atoms with van der Waals surface area (Å²) < 4.78 is 6.80. The van der Waals surface area contributed by atoms with Crippen LogP contribution in [-0.4, -0.2) is 40.9 Å². The van der Waals surface area contributed by atoms with E-state index in [1.807, 2.05) is 0 Å². The van der Waals surface area contributed by atoms with Crippen LogP contribution in [0.1, 0.15) is 6.92 Å². The van der Waals surface area contributed by atoms with Crippen LogP contribution in [0.15, 0.2) is 52.4 Å². The Morgan fingerprint density at radius 1 is 1.23 bits per heavy atom. The molecule has 10 heteroatoms. The molecule has 3 rings (SSSR count). The topological polar surface area (TPSA) is 102 Å². The highest BCUT2D eigenvalue weighted by Gasteiger charge is 2.22. The molecule has 156 valence electrons. The third kappa shape index (κ3) is 4.42. The molecule has 0 saturated carbocycles. The molecule has 3 amide bonds. The van der Waals surface area contributed by atoms with Crippen LogP contribution in [-0.2, 0) is 4.79 Å². The first-order chi connectivity index (χ1) is 14.3. The van der Waals surface area contributed by atoms with Gasteiger partial charge in [0.15, 0.2) is 5.16 Å². The lowest BCUT2D eigenvalue weighted by Gasteiger charge is -2.17. The molecule has 1 heterocycles. The van der Waals surface area contributed by atoms with Crippen molar-refractivity contribution >= 4 is 46.2 Å². The minimum Gasteiger partial charge on any atom is -0.495 e. The van der Waals surface area contributed by atoms with Crippen LogP contribution in [0.5, 0.6) is 5.75 Å². The number of imide groups is 1. The Morgan fingerprint density at radius 3 is 2.67 bits per heavy atom. The van der Waals surface area contributed by atoms with Gasteiger partial charge in [-0.25, -0.2) is 9.78 Å². The van der Waals surface area contributed by atoms with Crippen molar-refractivity contribution in [2.75, 3.05) is 14.2 Å². The van der Waals surface area contributed by atoms with E-state index in [1.54, 1.807) is 49.4 Å². The fourth-order valence-electron chi connectivity index (χ4n) is 2.73. The zero-order chi connectivity index (χ0) is 21.8. The number of benzene rings is 2. The number of fused-ring (bicyclic) bond motifs is 1. The Labute approximate surface area is 181 Å². The average molecular weight is 447 g/mol. The van der Waals surface area contributed by atoms with Crippen molar-refractivity contribution in [1.29, 1.82) is 0 Å². The monoisotopic (exact) mass is 446 g/mol. The number of aromatic nitrogens is 2. The molecule has 0 radical (unpaired) electrons. The lowest BCUT2D eigenvalue weighted by molar-refractivity contribution is -0.119. The van der Waals surface area contributed by atoms with E-state index in [2.05, 4.69) is 15.6 Å². The van der Waals surface area contributed by atoms with Gasteiger partial charge in [0.2, 0.25) is 5.91 Å². The second kappa shape index (κ2) is 9.19. The van der Waals surface area contributed by atoms with Gasteiger partial charge in [-0.1, -0.05) is 35.5 Å². The molecule has 3 aromatic rings. The lowest BCUT2D eigenvalue weighted by Crippen LogP contribution is -2.41. The van der Waals surface area contributed by atoms with Crippen molar-refractivity contribution in [3.8, 4) is 11.4 Å². The van der Waals surface area contributed by atoms with Crippen molar-refractivity contribution < 1.29 is 14.3 Å². The summed E-state index contributed by atoms with van der Waals surface area (Å²) in [4.78, 5) is 41.7. The smallest absolute Gasteiger partial charge is 0.321 e. The van der Waals surface area contributed by atoms with Gasteiger partial charge >= 0.3 is 6.03 Å². The van der Waals surface area contributed by atoms with Crippen LogP contribution in [0, 0.1) is 0 Å². The van der Waals surface area contributed by atoms with Crippen molar-refractivity contribution in [3.05, 3.63) is 57.8 Å². The summed E-state index contributed by atoms with van der Waals surface area (Å²) in [5.41, 5.74) is 0.554. The maximum Gasteiger partial charge on any atom is 0.321 e. The zero-order valence-electron chi connectivity index (χ0n) is 16.4. The van der Waals surface area contributed by atoms with E-state index in [0.717, 1.165) is 11.8 Å². The first-order valence-corrected chi connectivity index (χ1v) is 10.2. The maximum absolute atomic E-state index is 13.4. The quantitative estimate of drug-likeness (QED) is 0.461. The predicted octanol–water partition coefficient (Wildman–Crippen LogP) is 2.98. The maximum atomic E-state index is 13.4. The van der Waals surface area contributed by atoms with E-state index in [9.17, 15) is 14.4 Å². The summed E-state index contributed by atoms with van der Waals surface area (Å²) >= 11 is 7.11. The van der Waals surface area contributed by atoms with Gasteiger partial charge in [0, 0.05) is 12.1 Å². The van der Waals surface area contributed by atoms with Gasteiger partial charge in [-0.2, -0.15) is 0 Å². The van der Waals surface area contributed by atoms with Crippen molar-refractivity contribution in [1.82, 2.24) is 20.2 Å². The number of rotatable bonds is 5. The van der Waals surface area contributed by atoms with Crippen LogP contribution >= 0.6 is 23.4 Å². The number of halogens is 1. The Bertz CT molecular complexity index is 1180. The van der Waals surface area contributed by atoms with Crippen LogP contribution in [0.3, 0.4) is 0 Å². The molecular formula is C20H19ClN4O4S. The molecule has 2 N–H and O–H groups in total. The second-order valence-corrected chi connectivity index (χ2v) is 7.94. The number of hydrogen-bond acceptors (Lipinski definition) is 6. The van der Waals surface area contributed by atoms with E-state index in [4.69, 9.17) is 16.3 Å². The molecular weight excluding hydrogens is 428 g/mol. The standard InChI is InChI=1S/C20H19ClN4O4S/c1-11(17(26)24-19(28)22-2)30-20-23-14-10-12(21)8-9-13(14)18(27)25(20)15-6-4-5-7-16(15)29-3/h4-11H,1-3H3,(H2,22,24,26,28). The summed E-state index contributed by atoms with van der Waals surface area (Å²) in [7, 11) is 2.92. The predicted molar refractivity (Wildman–Crippen MR) is 117 cm³/mol. The van der Waals surface area contributed by atoms with Gasteiger partial charge in [-0.15, -0.1) is 0 Å². The highest BCUT2D eigenvalue weighted by molar-refractivity contribution is 8.00. The summed E-state index contributed by atoms with van der Waals surface area (Å²) in [5, 5.41) is 4.90. The molecule has 0 fully saturated rings. The van der Waals surface area contributed by atoms with Gasteiger partial charge in [0.25, 0.3) is 5.56 Å². The number of nitrogens with one attached hydrogen (secondary N) is 2. The minimum atomic E-state index is -0.716. The molecule has 8 nitrogen and oxygen atoms in total. The average Bonchev–Trinajstić information content (AvgIpc) is 2.73. The molecule has 1 atom stereocenters. The number of amides is 3. The van der Waals surface area contributed by atoms with Gasteiger partial charge in [-0.3, -0.25) is 19.5 Å². The Kier molecular flexibility index (Phi) is 6.63. The van der Waals surface area contributed by atoms with E-state index in [1.165, 1.54) is 18.7 Å². The van der Waals surface area contributed by atoms with E-state index in [0.29, 0.717) is 27.4 Å². The van der Waals surface area contributed by atoms with Crippen LogP contribution in [0.2, 0.25) is 5.02 Å². The summed E-state index contributed by atoms with van der Waals surface area (Å²) in [6, 6.07) is 11.2. The van der Waals surface area contributed by atoms with Gasteiger partial charge in [0.05, 0.1) is 29.0 Å². The second-order valence-electron chi connectivity index (χ2n) is 6.20. The minimum absolute atomic E-state index is 0.263. The van der Waals surface area contributed by atoms with E-state index >= 15 is 0 Å². The third-order valence-electron chi connectivity index (χ3n) is 4.24. The number of carbonyl (C=O) groups excluding carboxylic acids is 2. The summed E-state index contributed by atoms with van der Waals surface area (Å²) in [6.07, 6.45) is 0. The van der Waals surface area contributed by atoms with Crippen LogP contribution in [0.4, 0.5) is 4.79 Å². The number of ether oxygens (including phenoxy) is 1. The van der Waals surface area contributed by atoms with Gasteiger partial charge in [-0.05, 0) is 37.3 Å². The number of thioether (sulfide) groups is 1.